The second-order valence-electron chi connectivity index (χ2n) is 6.28. The van der Waals surface area contributed by atoms with Crippen LogP contribution in [0.3, 0.4) is 0 Å². The van der Waals surface area contributed by atoms with E-state index in [1.54, 1.807) is 6.92 Å². The topological polar surface area (TPSA) is 26.3 Å². The van der Waals surface area contributed by atoms with Gasteiger partial charge in [-0.25, -0.2) is 4.39 Å². The minimum atomic E-state index is -4.54. The third-order valence-corrected chi connectivity index (χ3v) is 4.21. The molecular weight excluding hydrogens is 336 g/mol. The summed E-state index contributed by atoms with van der Waals surface area (Å²) in [4.78, 5) is 11.9. The van der Waals surface area contributed by atoms with Gasteiger partial charge in [0.1, 0.15) is 17.3 Å². The predicted molar refractivity (Wildman–Crippen MR) is 84.6 cm³/mol. The Labute approximate surface area is 142 Å². The number of alkyl halides is 3. The molecule has 2 aromatic carbocycles. The van der Waals surface area contributed by atoms with E-state index in [0.29, 0.717) is 24.2 Å². The molecular formula is C19H16F4O2. The van der Waals surface area contributed by atoms with Gasteiger partial charge in [0, 0.05) is 0 Å². The van der Waals surface area contributed by atoms with E-state index in [1.807, 2.05) is 0 Å². The SMILES string of the molecule is CC(=O)c1cc(C(F)(F)F)c(C2CC2)cc1Oc1ccc(F)cc1C. The number of aryl methyl sites for hydroxylation is 1. The van der Waals surface area contributed by atoms with Gasteiger partial charge in [-0.1, -0.05) is 0 Å². The van der Waals surface area contributed by atoms with E-state index < -0.39 is 23.3 Å². The first-order valence-corrected chi connectivity index (χ1v) is 7.87. The second-order valence-corrected chi connectivity index (χ2v) is 6.28. The van der Waals surface area contributed by atoms with Crippen LogP contribution in [0.4, 0.5) is 17.6 Å². The molecule has 3 rings (SSSR count). The average molecular weight is 352 g/mol. The molecule has 0 N–H and O–H groups in total. The number of carbonyl (C=O) groups excluding carboxylic acids is 1. The van der Waals surface area contributed by atoms with Crippen LogP contribution in [0.15, 0.2) is 30.3 Å². The molecule has 0 bridgehead atoms. The normalized spacial score (nSPS) is 14.5. The maximum absolute atomic E-state index is 13.4. The van der Waals surface area contributed by atoms with Gasteiger partial charge >= 0.3 is 6.18 Å². The van der Waals surface area contributed by atoms with E-state index in [4.69, 9.17) is 4.74 Å². The molecule has 25 heavy (non-hydrogen) atoms. The highest BCUT2D eigenvalue weighted by molar-refractivity contribution is 5.97. The Hall–Kier alpha value is -2.37. The van der Waals surface area contributed by atoms with Crippen molar-refractivity contribution in [2.24, 2.45) is 0 Å². The van der Waals surface area contributed by atoms with Crippen LogP contribution in [-0.2, 0) is 6.18 Å². The smallest absolute Gasteiger partial charge is 0.416 e. The van der Waals surface area contributed by atoms with E-state index in [0.717, 1.165) is 6.07 Å². The van der Waals surface area contributed by atoms with Gasteiger partial charge in [0.15, 0.2) is 5.78 Å². The van der Waals surface area contributed by atoms with Crippen molar-refractivity contribution in [3.8, 4) is 11.5 Å². The zero-order chi connectivity index (χ0) is 18.4. The lowest BCUT2D eigenvalue weighted by Crippen LogP contribution is -2.11. The summed E-state index contributed by atoms with van der Waals surface area (Å²) >= 11 is 0. The quantitative estimate of drug-likeness (QED) is 0.496. The fourth-order valence-electron chi connectivity index (χ4n) is 2.78. The number of benzene rings is 2. The molecule has 0 aliphatic heterocycles. The van der Waals surface area contributed by atoms with Gasteiger partial charge in [-0.2, -0.15) is 13.2 Å². The number of halogens is 4. The molecule has 6 heteroatoms. The summed E-state index contributed by atoms with van der Waals surface area (Å²) in [5.41, 5.74) is -0.293. The maximum atomic E-state index is 13.4. The summed E-state index contributed by atoms with van der Waals surface area (Å²) < 4.78 is 59.0. The lowest BCUT2D eigenvalue weighted by Gasteiger charge is -2.18. The summed E-state index contributed by atoms with van der Waals surface area (Å²) in [5.74, 6) is -0.776. The van der Waals surface area contributed by atoms with Gasteiger partial charge in [0.2, 0.25) is 0 Å². The number of hydrogen-bond donors (Lipinski definition) is 0. The molecule has 1 aliphatic rings. The third-order valence-electron chi connectivity index (χ3n) is 4.21. The van der Waals surface area contributed by atoms with Crippen molar-refractivity contribution in [3.63, 3.8) is 0 Å². The Morgan fingerprint density at radius 1 is 1.12 bits per heavy atom. The molecule has 0 atom stereocenters. The largest absolute Gasteiger partial charge is 0.456 e. The highest BCUT2D eigenvalue weighted by atomic mass is 19.4. The standard InChI is InChI=1S/C19H16F4O2/c1-10-7-13(20)5-6-17(10)25-18-9-15(12-3-4-12)16(19(21,22)23)8-14(18)11(2)24/h5-9,12H,3-4H2,1-2H3. The fraction of sp³-hybridized carbons (Fsp3) is 0.316. The van der Waals surface area contributed by atoms with Gasteiger partial charge in [-0.15, -0.1) is 0 Å². The molecule has 0 amide bonds. The second kappa shape index (κ2) is 6.17. The zero-order valence-electron chi connectivity index (χ0n) is 13.7. The highest BCUT2D eigenvalue weighted by Gasteiger charge is 2.39. The van der Waals surface area contributed by atoms with Crippen LogP contribution in [0.1, 0.15) is 52.7 Å². The van der Waals surface area contributed by atoms with Gasteiger partial charge in [0.25, 0.3) is 0 Å². The Morgan fingerprint density at radius 2 is 1.80 bits per heavy atom. The van der Waals surface area contributed by atoms with Crippen molar-refractivity contribution in [3.05, 3.63) is 58.4 Å². The Balaban J connectivity index is 2.11. The van der Waals surface area contributed by atoms with Crippen molar-refractivity contribution < 1.29 is 27.1 Å². The van der Waals surface area contributed by atoms with E-state index in [-0.39, 0.29) is 22.8 Å². The fourth-order valence-corrected chi connectivity index (χ4v) is 2.78. The first-order valence-electron chi connectivity index (χ1n) is 7.87. The number of carbonyl (C=O) groups is 1. The van der Waals surface area contributed by atoms with E-state index in [9.17, 15) is 22.4 Å². The molecule has 0 unspecified atom stereocenters. The lowest BCUT2D eigenvalue weighted by molar-refractivity contribution is -0.138. The van der Waals surface area contributed by atoms with Crippen LogP contribution < -0.4 is 4.74 Å². The molecule has 2 nitrogen and oxygen atoms in total. The molecule has 1 saturated carbocycles. The number of hydrogen-bond acceptors (Lipinski definition) is 2. The molecule has 0 aromatic heterocycles. The van der Waals surface area contributed by atoms with Crippen LogP contribution in [0.25, 0.3) is 0 Å². The predicted octanol–water partition coefficient (Wildman–Crippen LogP) is 6.03. The van der Waals surface area contributed by atoms with Crippen molar-refractivity contribution >= 4 is 5.78 Å². The lowest BCUT2D eigenvalue weighted by atomic mass is 9.97. The Kier molecular flexibility index (Phi) is 4.31. The minimum Gasteiger partial charge on any atom is -0.456 e. The molecule has 0 spiro atoms. The first-order chi connectivity index (χ1) is 11.7. The Morgan fingerprint density at radius 3 is 2.32 bits per heavy atom. The van der Waals surface area contributed by atoms with E-state index >= 15 is 0 Å². The van der Waals surface area contributed by atoms with Crippen LogP contribution >= 0.6 is 0 Å². The first kappa shape index (κ1) is 17.5. The maximum Gasteiger partial charge on any atom is 0.416 e. The van der Waals surface area contributed by atoms with Crippen molar-refractivity contribution in [1.82, 2.24) is 0 Å². The summed E-state index contributed by atoms with van der Waals surface area (Å²) in [7, 11) is 0. The van der Waals surface area contributed by atoms with E-state index in [1.165, 1.54) is 31.2 Å². The van der Waals surface area contributed by atoms with Crippen LogP contribution in [0.5, 0.6) is 11.5 Å². The number of ketones is 1. The van der Waals surface area contributed by atoms with Gasteiger partial charge in [-0.05, 0) is 74.1 Å². The highest BCUT2D eigenvalue weighted by Crippen LogP contribution is 2.48. The third kappa shape index (κ3) is 3.67. The van der Waals surface area contributed by atoms with Crippen molar-refractivity contribution in [2.45, 2.75) is 38.8 Å². The summed E-state index contributed by atoms with van der Waals surface area (Å²) in [6.45, 7) is 2.81. The molecule has 1 fully saturated rings. The van der Waals surface area contributed by atoms with Crippen LogP contribution in [0, 0.1) is 12.7 Å². The monoisotopic (exact) mass is 352 g/mol. The molecule has 132 valence electrons. The minimum absolute atomic E-state index is 0.0668. The molecule has 0 heterocycles. The molecule has 0 saturated heterocycles. The van der Waals surface area contributed by atoms with Crippen molar-refractivity contribution in [2.75, 3.05) is 0 Å². The van der Waals surface area contributed by atoms with Crippen molar-refractivity contribution in [1.29, 1.82) is 0 Å². The van der Waals surface area contributed by atoms with Crippen LogP contribution in [0.2, 0.25) is 0 Å². The number of rotatable bonds is 4. The van der Waals surface area contributed by atoms with E-state index in [2.05, 4.69) is 0 Å². The average Bonchev–Trinajstić information content (AvgIpc) is 3.33. The molecule has 0 radical (unpaired) electrons. The molecule has 2 aromatic rings. The summed E-state index contributed by atoms with van der Waals surface area (Å²) in [6.07, 6.45) is -3.18. The van der Waals surface area contributed by atoms with Gasteiger partial charge in [-0.3, -0.25) is 4.79 Å². The number of Topliss-reactive ketones (excluding diaryl/α,β-unsaturated/α-hetero) is 1. The summed E-state index contributed by atoms with van der Waals surface area (Å²) in [6, 6.07) is 6.02. The number of ether oxygens (including phenoxy) is 1. The summed E-state index contributed by atoms with van der Waals surface area (Å²) in [5, 5.41) is 0. The Bertz CT molecular complexity index is 836. The zero-order valence-corrected chi connectivity index (χ0v) is 13.7. The van der Waals surface area contributed by atoms with Crippen LogP contribution in [-0.4, -0.2) is 5.78 Å². The van der Waals surface area contributed by atoms with Gasteiger partial charge < -0.3 is 4.74 Å². The molecule has 1 aliphatic carbocycles. The van der Waals surface area contributed by atoms with Gasteiger partial charge in [0.05, 0.1) is 11.1 Å².